The molecule has 156 valence electrons. The first-order valence-electron chi connectivity index (χ1n) is 10.2. The van der Waals surface area contributed by atoms with Crippen LogP contribution in [0.1, 0.15) is 36.0 Å². The molecule has 2 aliphatic heterocycles. The monoisotopic (exact) mass is 470 g/mol. The molecule has 7 heteroatoms. The topological polar surface area (TPSA) is 66.9 Å². The van der Waals surface area contributed by atoms with Crippen molar-refractivity contribution in [2.75, 3.05) is 24.5 Å². The number of carbonyl (C=O) groups excluding carboxylic acids is 3. The summed E-state index contributed by atoms with van der Waals surface area (Å²) in [5.74, 6) is 0.101. The molecule has 0 spiro atoms. The highest BCUT2D eigenvalue weighted by molar-refractivity contribution is 9.10. The molecule has 0 radical (unpaired) electrons. The first-order valence-corrected chi connectivity index (χ1v) is 11.0. The SMILES string of the molecule is O=C(Oc1ccc(N2CCCC2=O)cc1)C1CCN(C(=O)c2ccc(Br)cc2)CC1. The summed E-state index contributed by atoms with van der Waals surface area (Å²) in [5.41, 5.74) is 1.48. The molecule has 0 aliphatic carbocycles. The molecule has 2 aromatic rings. The molecule has 4 rings (SSSR count). The smallest absolute Gasteiger partial charge is 0.314 e. The fourth-order valence-electron chi connectivity index (χ4n) is 3.91. The normalized spacial score (nSPS) is 17.3. The van der Waals surface area contributed by atoms with E-state index in [1.54, 1.807) is 34.1 Å². The fourth-order valence-corrected chi connectivity index (χ4v) is 4.17. The van der Waals surface area contributed by atoms with Crippen molar-refractivity contribution < 1.29 is 19.1 Å². The van der Waals surface area contributed by atoms with Gasteiger partial charge in [0, 0.05) is 41.8 Å². The summed E-state index contributed by atoms with van der Waals surface area (Å²) in [6.07, 6.45) is 2.63. The van der Waals surface area contributed by atoms with Gasteiger partial charge < -0.3 is 14.5 Å². The number of hydrogen-bond donors (Lipinski definition) is 0. The van der Waals surface area contributed by atoms with Crippen molar-refractivity contribution in [2.24, 2.45) is 5.92 Å². The number of esters is 1. The lowest BCUT2D eigenvalue weighted by Gasteiger charge is -2.31. The largest absolute Gasteiger partial charge is 0.426 e. The van der Waals surface area contributed by atoms with Gasteiger partial charge in [0.1, 0.15) is 5.75 Å². The summed E-state index contributed by atoms with van der Waals surface area (Å²) < 4.78 is 6.47. The number of halogens is 1. The highest BCUT2D eigenvalue weighted by atomic mass is 79.9. The van der Waals surface area contributed by atoms with E-state index < -0.39 is 0 Å². The molecule has 30 heavy (non-hydrogen) atoms. The summed E-state index contributed by atoms with van der Waals surface area (Å²) in [6, 6.07) is 14.4. The first-order chi connectivity index (χ1) is 14.5. The number of hydrogen-bond acceptors (Lipinski definition) is 4. The Balaban J connectivity index is 1.29. The van der Waals surface area contributed by atoms with E-state index in [-0.39, 0.29) is 23.7 Å². The fraction of sp³-hybridized carbons (Fsp3) is 0.348. The van der Waals surface area contributed by atoms with Crippen LogP contribution in [-0.2, 0) is 9.59 Å². The molecule has 0 saturated carbocycles. The average molecular weight is 471 g/mol. The van der Waals surface area contributed by atoms with Gasteiger partial charge in [-0.2, -0.15) is 0 Å². The number of anilines is 1. The molecule has 2 saturated heterocycles. The molecule has 0 unspecified atom stereocenters. The number of carbonyl (C=O) groups is 3. The second-order valence-electron chi connectivity index (χ2n) is 7.64. The molecule has 0 atom stereocenters. The molecular formula is C23H23BrN2O4. The number of amides is 2. The van der Waals surface area contributed by atoms with E-state index in [9.17, 15) is 14.4 Å². The predicted octanol–water partition coefficient (Wildman–Crippen LogP) is 4.03. The van der Waals surface area contributed by atoms with Crippen LogP contribution in [0, 0.1) is 5.92 Å². The highest BCUT2D eigenvalue weighted by Crippen LogP contribution is 2.26. The molecule has 6 nitrogen and oxygen atoms in total. The van der Waals surface area contributed by atoms with Gasteiger partial charge in [0.05, 0.1) is 5.92 Å². The first kappa shape index (κ1) is 20.6. The summed E-state index contributed by atoms with van der Waals surface area (Å²) >= 11 is 3.37. The third-order valence-corrected chi connectivity index (χ3v) is 6.18. The minimum Gasteiger partial charge on any atom is -0.426 e. The Bertz CT molecular complexity index is 935. The molecule has 2 heterocycles. The van der Waals surface area contributed by atoms with Crippen LogP contribution in [0.15, 0.2) is 53.0 Å². The van der Waals surface area contributed by atoms with E-state index in [1.807, 2.05) is 24.3 Å². The van der Waals surface area contributed by atoms with Crippen LogP contribution in [0.4, 0.5) is 5.69 Å². The van der Waals surface area contributed by atoms with Gasteiger partial charge in [-0.15, -0.1) is 0 Å². The molecule has 2 aliphatic rings. The van der Waals surface area contributed by atoms with Crippen molar-refractivity contribution >= 4 is 39.4 Å². The van der Waals surface area contributed by atoms with E-state index in [2.05, 4.69) is 15.9 Å². The van der Waals surface area contributed by atoms with Crippen molar-refractivity contribution in [3.05, 3.63) is 58.6 Å². The number of nitrogens with zero attached hydrogens (tertiary/aromatic N) is 2. The van der Waals surface area contributed by atoms with Crippen LogP contribution in [0.25, 0.3) is 0 Å². The summed E-state index contributed by atoms with van der Waals surface area (Å²) in [6.45, 7) is 1.80. The number of likely N-dealkylation sites (tertiary alicyclic amines) is 1. The molecule has 2 aromatic carbocycles. The lowest BCUT2D eigenvalue weighted by molar-refractivity contribution is -0.140. The van der Waals surface area contributed by atoms with Gasteiger partial charge in [0.25, 0.3) is 5.91 Å². The predicted molar refractivity (Wildman–Crippen MR) is 116 cm³/mol. The lowest BCUT2D eigenvalue weighted by atomic mass is 9.96. The van der Waals surface area contributed by atoms with Crippen LogP contribution < -0.4 is 9.64 Å². The van der Waals surface area contributed by atoms with E-state index in [0.717, 1.165) is 23.1 Å². The van der Waals surface area contributed by atoms with Crippen molar-refractivity contribution in [3.8, 4) is 5.75 Å². The van der Waals surface area contributed by atoms with Gasteiger partial charge in [-0.1, -0.05) is 15.9 Å². The Morgan fingerprint density at radius 2 is 1.60 bits per heavy atom. The van der Waals surface area contributed by atoms with Crippen molar-refractivity contribution in [3.63, 3.8) is 0 Å². The van der Waals surface area contributed by atoms with Crippen LogP contribution >= 0.6 is 15.9 Å². The van der Waals surface area contributed by atoms with Crippen LogP contribution in [-0.4, -0.2) is 42.3 Å². The van der Waals surface area contributed by atoms with E-state index >= 15 is 0 Å². The van der Waals surface area contributed by atoms with Crippen LogP contribution in [0.2, 0.25) is 0 Å². The number of rotatable bonds is 4. The molecule has 0 aromatic heterocycles. The second kappa shape index (κ2) is 9.00. The van der Waals surface area contributed by atoms with Crippen molar-refractivity contribution in [1.82, 2.24) is 4.90 Å². The minimum absolute atomic E-state index is 0.0126. The molecule has 2 amide bonds. The van der Waals surface area contributed by atoms with Gasteiger partial charge in [0.15, 0.2) is 0 Å². The van der Waals surface area contributed by atoms with E-state index in [4.69, 9.17) is 4.74 Å². The van der Waals surface area contributed by atoms with Gasteiger partial charge in [-0.3, -0.25) is 14.4 Å². The van der Waals surface area contributed by atoms with Crippen molar-refractivity contribution in [2.45, 2.75) is 25.7 Å². The summed E-state index contributed by atoms with van der Waals surface area (Å²) in [4.78, 5) is 40.5. The Morgan fingerprint density at radius 3 is 2.20 bits per heavy atom. The zero-order valence-electron chi connectivity index (χ0n) is 16.6. The van der Waals surface area contributed by atoms with Gasteiger partial charge in [-0.25, -0.2) is 0 Å². The quantitative estimate of drug-likeness (QED) is 0.499. The number of ether oxygens (including phenoxy) is 1. The van der Waals surface area contributed by atoms with E-state index in [0.29, 0.717) is 43.7 Å². The molecular weight excluding hydrogens is 448 g/mol. The van der Waals surface area contributed by atoms with Gasteiger partial charge in [-0.05, 0) is 67.8 Å². The average Bonchev–Trinajstić information content (AvgIpc) is 3.20. The third-order valence-electron chi connectivity index (χ3n) is 5.65. The molecule has 0 bridgehead atoms. The highest BCUT2D eigenvalue weighted by Gasteiger charge is 2.29. The minimum atomic E-state index is -0.268. The maximum atomic E-state index is 12.6. The zero-order valence-corrected chi connectivity index (χ0v) is 18.1. The Morgan fingerprint density at radius 1 is 0.933 bits per heavy atom. The van der Waals surface area contributed by atoms with E-state index in [1.165, 1.54) is 0 Å². The number of piperidine rings is 1. The maximum Gasteiger partial charge on any atom is 0.314 e. The molecule has 2 fully saturated rings. The zero-order chi connectivity index (χ0) is 21.1. The second-order valence-corrected chi connectivity index (χ2v) is 8.55. The maximum absolute atomic E-state index is 12.6. The summed E-state index contributed by atoms with van der Waals surface area (Å²) in [7, 11) is 0. The Kier molecular flexibility index (Phi) is 6.18. The number of benzene rings is 2. The summed E-state index contributed by atoms with van der Waals surface area (Å²) in [5, 5.41) is 0. The Hall–Kier alpha value is -2.67. The molecule has 0 N–H and O–H groups in total. The van der Waals surface area contributed by atoms with Gasteiger partial charge in [0.2, 0.25) is 5.91 Å². The van der Waals surface area contributed by atoms with Crippen LogP contribution in [0.3, 0.4) is 0 Å². The Labute approximate surface area is 183 Å². The standard InChI is InChI=1S/C23H23BrN2O4/c24-18-5-3-16(4-6-18)22(28)25-14-11-17(12-15-25)23(29)30-20-9-7-19(8-10-20)26-13-1-2-21(26)27/h3-10,17H,1-2,11-15H2. The van der Waals surface area contributed by atoms with Crippen LogP contribution in [0.5, 0.6) is 5.75 Å². The third kappa shape index (κ3) is 4.56. The van der Waals surface area contributed by atoms with Crippen molar-refractivity contribution in [1.29, 1.82) is 0 Å². The lowest BCUT2D eigenvalue weighted by Crippen LogP contribution is -2.41. The van der Waals surface area contributed by atoms with Gasteiger partial charge >= 0.3 is 5.97 Å².